The fraction of sp³-hybridized carbons (Fsp3) is 1.00. The Balaban J connectivity index is -0.0000000139. The van der Waals surface area contributed by atoms with Crippen molar-refractivity contribution in [3.63, 3.8) is 0 Å². The predicted octanol–water partition coefficient (Wildman–Crippen LogP) is 6.94. The first-order chi connectivity index (χ1) is 8.24. The van der Waals surface area contributed by atoms with E-state index in [1.807, 2.05) is 41.5 Å². The van der Waals surface area contributed by atoms with Crippen LogP contribution in [0.2, 0.25) is 0 Å². The molecule has 0 saturated heterocycles. The van der Waals surface area contributed by atoms with Crippen LogP contribution in [0.4, 0.5) is 0 Å². The molecule has 1 N–H and O–H groups in total. The molecule has 0 bridgehead atoms. The first kappa shape index (κ1) is 43.5. The average molecular weight is 255 g/mol. The normalized spacial score (nSPS) is 4.59. The third-order valence-electron chi connectivity index (χ3n) is 0. The van der Waals surface area contributed by atoms with E-state index in [9.17, 15) is 0 Å². The molecule has 0 radical (unpaired) electrons. The van der Waals surface area contributed by atoms with Crippen LogP contribution in [-0.2, 0) is 0 Å². The van der Waals surface area contributed by atoms with Crippen molar-refractivity contribution in [2.24, 2.45) is 0 Å². The molecular weight excluding hydrogens is 208 g/mol. The second-order valence-electron chi connectivity index (χ2n) is 2.12. The smallest absolute Gasteiger partial charge is 0.0319 e. The summed E-state index contributed by atoms with van der Waals surface area (Å²) < 4.78 is 0. The Labute approximate surface area is 115 Å². The van der Waals surface area contributed by atoms with Crippen molar-refractivity contribution in [3.05, 3.63) is 0 Å². The summed E-state index contributed by atoms with van der Waals surface area (Å²) in [6.45, 7) is 24.8. The molecule has 0 aliphatic rings. The van der Waals surface area contributed by atoms with Crippen molar-refractivity contribution in [2.75, 3.05) is 7.11 Å². The van der Waals surface area contributed by atoms with Crippen molar-refractivity contribution in [1.82, 2.24) is 0 Å². The van der Waals surface area contributed by atoms with Gasteiger partial charge in [0.15, 0.2) is 0 Å². The van der Waals surface area contributed by atoms with E-state index in [4.69, 9.17) is 5.11 Å². The molecule has 0 amide bonds. The van der Waals surface area contributed by atoms with Crippen molar-refractivity contribution < 1.29 is 5.11 Å². The lowest BCUT2D eigenvalue weighted by molar-refractivity contribution is 0.399. The maximum atomic E-state index is 7.00. The summed E-state index contributed by atoms with van der Waals surface area (Å²) in [4.78, 5) is 0. The van der Waals surface area contributed by atoms with Crippen LogP contribution < -0.4 is 0 Å². The maximum Gasteiger partial charge on any atom is 0.0319 e. The Bertz CT molecular complexity index is 10.2. The molecule has 0 atom stereocenters. The highest BCUT2D eigenvalue weighted by Crippen LogP contribution is 1.56. The van der Waals surface area contributed by atoms with Crippen molar-refractivity contribution in [1.29, 1.82) is 0 Å². The number of aliphatic hydroxyl groups is 1. The van der Waals surface area contributed by atoms with E-state index in [0.29, 0.717) is 0 Å². The van der Waals surface area contributed by atoms with Crippen molar-refractivity contribution in [3.8, 4) is 0 Å². The Morgan fingerprint density at radius 1 is 0.412 bits per heavy atom. The Morgan fingerprint density at radius 2 is 0.412 bits per heavy atom. The standard InChI is InChI=1S/3C3H8.3C2H6.CH4O/c3*1-3-2;4*1-2/h3*3H2,1-2H3;3*1-2H3;2H,1H3. The van der Waals surface area contributed by atoms with Gasteiger partial charge >= 0.3 is 0 Å². The van der Waals surface area contributed by atoms with Crippen LogP contribution in [0.25, 0.3) is 0 Å². The molecule has 1 nitrogen and oxygen atoms in total. The fourth-order valence-corrected chi connectivity index (χ4v) is 0. The zero-order valence-corrected chi connectivity index (χ0v) is 15.6. The summed E-state index contributed by atoms with van der Waals surface area (Å²) in [5.74, 6) is 0. The first-order valence-electron chi connectivity index (χ1n) is 7.69. The molecule has 0 aliphatic carbocycles. The summed E-state index contributed by atoms with van der Waals surface area (Å²) in [6.07, 6.45) is 3.75. The van der Waals surface area contributed by atoms with Gasteiger partial charge < -0.3 is 5.11 Å². The summed E-state index contributed by atoms with van der Waals surface area (Å²) >= 11 is 0. The van der Waals surface area contributed by atoms with Crippen LogP contribution in [0.5, 0.6) is 0 Å². The zero-order chi connectivity index (χ0) is 16.1. The van der Waals surface area contributed by atoms with E-state index in [-0.39, 0.29) is 0 Å². The van der Waals surface area contributed by atoms with E-state index in [0.717, 1.165) is 7.11 Å². The molecule has 17 heavy (non-hydrogen) atoms. The highest BCUT2D eigenvalue weighted by molar-refractivity contribution is 3.92. The summed E-state index contributed by atoms with van der Waals surface area (Å²) in [7, 11) is 1.00. The van der Waals surface area contributed by atoms with E-state index in [1.54, 1.807) is 0 Å². The lowest BCUT2D eigenvalue weighted by Crippen LogP contribution is -1.27. The minimum Gasteiger partial charge on any atom is -0.400 e. The molecule has 0 heterocycles. The molecule has 0 saturated carbocycles. The quantitative estimate of drug-likeness (QED) is 0.496. The first-order valence-corrected chi connectivity index (χ1v) is 7.69. The summed E-state index contributed by atoms with van der Waals surface area (Å²) in [6, 6.07) is 0. The summed E-state index contributed by atoms with van der Waals surface area (Å²) in [5, 5.41) is 7.00. The minimum atomic E-state index is 1.00. The Hall–Kier alpha value is -0.0400. The lowest BCUT2D eigenvalue weighted by atomic mass is 10.6. The Morgan fingerprint density at radius 3 is 0.412 bits per heavy atom. The number of aliphatic hydroxyl groups excluding tert-OH is 1. The van der Waals surface area contributed by atoms with Gasteiger partial charge in [0.2, 0.25) is 0 Å². The van der Waals surface area contributed by atoms with Gasteiger partial charge in [-0.3, -0.25) is 0 Å². The maximum absolute atomic E-state index is 7.00. The molecule has 0 fully saturated rings. The highest BCUT2D eigenvalue weighted by Gasteiger charge is 1.36. The van der Waals surface area contributed by atoms with Crippen LogP contribution in [0.15, 0.2) is 0 Å². The van der Waals surface area contributed by atoms with Crippen LogP contribution in [-0.4, -0.2) is 12.2 Å². The zero-order valence-electron chi connectivity index (χ0n) is 15.6. The second kappa shape index (κ2) is 408. The van der Waals surface area contributed by atoms with Gasteiger partial charge in [0.05, 0.1) is 0 Å². The predicted molar refractivity (Wildman–Crippen MR) is 90.1 cm³/mol. The van der Waals surface area contributed by atoms with E-state index in [1.165, 1.54) is 19.3 Å². The van der Waals surface area contributed by atoms with Gasteiger partial charge in [0, 0.05) is 7.11 Å². The molecular formula is C16H46O. The minimum absolute atomic E-state index is 1.00. The van der Waals surface area contributed by atoms with Gasteiger partial charge in [-0.1, -0.05) is 102 Å². The van der Waals surface area contributed by atoms with Crippen molar-refractivity contribution >= 4 is 0 Å². The van der Waals surface area contributed by atoms with Crippen LogP contribution >= 0.6 is 0 Å². The third kappa shape index (κ3) is 1940000. The van der Waals surface area contributed by atoms with Crippen LogP contribution in [0, 0.1) is 0 Å². The fourth-order valence-electron chi connectivity index (χ4n) is 0. The SMILES string of the molecule is CC.CC.CC.CCC.CCC.CCC.CO. The summed E-state index contributed by atoms with van der Waals surface area (Å²) in [5.41, 5.74) is 0. The number of hydrogen-bond acceptors (Lipinski definition) is 1. The Kier molecular flexibility index (Phi) is 1040. The lowest BCUT2D eigenvalue weighted by Gasteiger charge is -1.48. The molecule has 116 valence electrons. The van der Waals surface area contributed by atoms with E-state index in [2.05, 4.69) is 41.5 Å². The van der Waals surface area contributed by atoms with Gasteiger partial charge in [-0.2, -0.15) is 0 Å². The number of hydrogen-bond donors (Lipinski definition) is 1. The van der Waals surface area contributed by atoms with Gasteiger partial charge in [-0.05, 0) is 0 Å². The molecule has 1 heteroatoms. The van der Waals surface area contributed by atoms with E-state index >= 15 is 0 Å². The topological polar surface area (TPSA) is 20.2 Å². The molecule has 0 aromatic carbocycles. The largest absolute Gasteiger partial charge is 0.400 e. The van der Waals surface area contributed by atoms with Gasteiger partial charge in [0.1, 0.15) is 0 Å². The van der Waals surface area contributed by atoms with Gasteiger partial charge in [-0.25, -0.2) is 0 Å². The van der Waals surface area contributed by atoms with E-state index < -0.39 is 0 Å². The molecule has 0 aromatic heterocycles. The van der Waals surface area contributed by atoms with Gasteiger partial charge in [0.25, 0.3) is 0 Å². The average Bonchev–Trinajstić information content (AvgIpc) is 2.41. The molecule has 0 rings (SSSR count). The van der Waals surface area contributed by atoms with Gasteiger partial charge in [-0.15, -0.1) is 0 Å². The molecule has 0 aromatic rings. The molecule has 0 unspecified atom stereocenters. The molecule has 0 spiro atoms. The molecule has 0 aliphatic heterocycles. The third-order valence-corrected chi connectivity index (χ3v) is 0. The second-order valence-corrected chi connectivity index (χ2v) is 2.12. The van der Waals surface area contributed by atoms with Crippen molar-refractivity contribution in [2.45, 2.75) is 102 Å². The highest BCUT2D eigenvalue weighted by atomic mass is 16.2. The number of rotatable bonds is 0. The monoisotopic (exact) mass is 254 g/mol. The van der Waals surface area contributed by atoms with Crippen LogP contribution in [0.3, 0.4) is 0 Å². The van der Waals surface area contributed by atoms with Crippen LogP contribution in [0.1, 0.15) is 102 Å².